The number of hydrogen-bond donors (Lipinski definition) is 0. The summed E-state index contributed by atoms with van der Waals surface area (Å²) in [6.45, 7) is 3.31. The predicted molar refractivity (Wildman–Crippen MR) is 133 cm³/mol. The maximum atomic E-state index is 5.67. The minimum Gasteiger partial charge on any atom is -0.496 e. The van der Waals surface area contributed by atoms with Crippen LogP contribution in [0.4, 0.5) is 11.4 Å². The van der Waals surface area contributed by atoms with Crippen molar-refractivity contribution in [1.29, 1.82) is 0 Å². The normalized spacial score (nSPS) is 18.8. The lowest BCUT2D eigenvalue weighted by Crippen LogP contribution is -2.26. The van der Waals surface area contributed by atoms with Gasteiger partial charge in [0.25, 0.3) is 0 Å². The first-order chi connectivity index (χ1) is 14.2. The molecule has 29 heavy (non-hydrogen) atoms. The van der Waals surface area contributed by atoms with Gasteiger partial charge in [-0.05, 0) is 64.8 Å². The van der Waals surface area contributed by atoms with E-state index in [2.05, 4.69) is 107 Å². The summed E-state index contributed by atoms with van der Waals surface area (Å²) in [4.78, 5) is 3.80. The third kappa shape index (κ3) is 4.43. The van der Waals surface area contributed by atoms with Crippen molar-refractivity contribution in [3.8, 4) is 5.75 Å². The molecule has 0 fully saturated rings. The van der Waals surface area contributed by atoms with Crippen molar-refractivity contribution >= 4 is 45.7 Å². The molecule has 0 aromatic heterocycles. The van der Waals surface area contributed by atoms with Crippen LogP contribution in [0.3, 0.4) is 0 Å². The average Bonchev–Trinajstić information content (AvgIpc) is 2.91. The molecule has 1 aliphatic rings. The molecule has 0 saturated heterocycles. The molecule has 0 amide bonds. The lowest BCUT2D eigenvalue weighted by Gasteiger charge is -2.30. The lowest BCUT2D eigenvalue weighted by atomic mass is 9.93. The molecule has 1 heterocycles. The molecule has 0 aliphatic carbocycles. The molecule has 4 heteroatoms. The predicted octanol–water partition coefficient (Wildman–Crippen LogP) is 7.70. The highest BCUT2D eigenvalue weighted by molar-refractivity contribution is 14.1. The second-order valence-electron chi connectivity index (χ2n) is 7.40. The SMILES string of the molecule is CCCC1CN(c2ccccc2)c2cc(I)c(OC)cc2SC1c1ccccc1. The fourth-order valence-electron chi connectivity index (χ4n) is 4.10. The molecule has 0 radical (unpaired) electrons. The molecule has 150 valence electrons. The Kier molecular flexibility index (Phi) is 6.70. The summed E-state index contributed by atoms with van der Waals surface area (Å²) in [6.07, 6.45) is 2.40. The van der Waals surface area contributed by atoms with Crippen LogP contribution in [0.15, 0.2) is 77.7 Å². The number of halogens is 1. The number of thioether (sulfide) groups is 1. The van der Waals surface area contributed by atoms with Gasteiger partial charge in [-0.3, -0.25) is 0 Å². The molecule has 0 bridgehead atoms. The molecule has 0 spiro atoms. The number of benzene rings is 3. The molecule has 0 N–H and O–H groups in total. The lowest BCUT2D eigenvalue weighted by molar-refractivity contribution is 0.410. The molecule has 3 aromatic carbocycles. The third-order valence-electron chi connectivity index (χ3n) is 5.48. The van der Waals surface area contributed by atoms with Crippen molar-refractivity contribution in [2.75, 3.05) is 18.6 Å². The summed E-state index contributed by atoms with van der Waals surface area (Å²) < 4.78 is 6.82. The fourth-order valence-corrected chi connectivity index (χ4v) is 6.21. The van der Waals surface area contributed by atoms with E-state index in [1.165, 1.54) is 34.7 Å². The number of hydrogen-bond acceptors (Lipinski definition) is 3. The van der Waals surface area contributed by atoms with Crippen molar-refractivity contribution in [3.05, 3.63) is 81.9 Å². The summed E-state index contributed by atoms with van der Waals surface area (Å²) >= 11 is 4.38. The van der Waals surface area contributed by atoms with E-state index in [0.717, 1.165) is 15.9 Å². The van der Waals surface area contributed by atoms with Crippen LogP contribution in [0.5, 0.6) is 5.75 Å². The van der Waals surface area contributed by atoms with Gasteiger partial charge in [0.05, 0.1) is 16.4 Å². The summed E-state index contributed by atoms with van der Waals surface area (Å²) in [5.74, 6) is 1.51. The van der Waals surface area contributed by atoms with Crippen molar-refractivity contribution in [3.63, 3.8) is 0 Å². The smallest absolute Gasteiger partial charge is 0.133 e. The van der Waals surface area contributed by atoms with Crippen molar-refractivity contribution in [2.24, 2.45) is 5.92 Å². The molecule has 3 aromatic rings. The largest absolute Gasteiger partial charge is 0.496 e. The minimum atomic E-state index is 0.424. The summed E-state index contributed by atoms with van der Waals surface area (Å²) in [6, 6.07) is 26.3. The summed E-state index contributed by atoms with van der Waals surface area (Å²) in [7, 11) is 1.76. The number of nitrogens with zero attached hydrogens (tertiary/aromatic N) is 1. The second kappa shape index (κ2) is 9.43. The number of rotatable bonds is 5. The quantitative estimate of drug-likeness (QED) is 0.323. The van der Waals surface area contributed by atoms with Crippen LogP contribution in [0, 0.1) is 9.49 Å². The molecule has 2 nitrogen and oxygen atoms in total. The molecule has 0 saturated carbocycles. The van der Waals surface area contributed by atoms with Crippen LogP contribution >= 0.6 is 34.4 Å². The third-order valence-corrected chi connectivity index (χ3v) is 7.81. The van der Waals surface area contributed by atoms with E-state index in [-0.39, 0.29) is 0 Å². The van der Waals surface area contributed by atoms with Gasteiger partial charge < -0.3 is 9.64 Å². The average molecular weight is 515 g/mol. The van der Waals surface area contributed by atoms with E-state index in [1.54, 1.807) is 7.11 Å². The van der Waals surface area contributed by atoms with Crippen LogP contribution in [0.1, 0.15) is 30.6 Å². The van der Waals surface area contributed by atoms with E-state index in [4.69, 9.17) is 4.74 Å². The zero-order valence-electron chi connectivity index (χ0n) is 16.8. The Morgan fingerprint density at radius 1 is 1.03 bits per heavy atom. The Labute approximate surface area is 191 Å². The number of ether oxygens (including phenoxy) is 1. The van der Waals surface area contributed by atoms with Gasteiger partial charge >= 0.3 is 0 Å². The molecule has 1 aliphatic heterocycles. The Balaban J connectivity index is 1.86. The van der Waals surface area contributed by atoms with Gasteiger partial charge in [-0.1, -0.05) is 61.9 Å². The van der Waals surface area contributed by atoms with Crippen LogP contribution in [-0.2, 0) is 0 Å². The fraction of sp³-hybridized carbons (Fsp3) is 0.280. The topological polar surface area (TPSA) is 12.5 Å². The number of anilines is 2. The standard InChI is InChI=1S/C25H26INOS/c1-3-10-19-17-27(20-13-8-5-9-14-20)22-15-21(26)23(28-2)16-24(22)29-25(19)18-11-6-4-7-12-18/h4-9,11-16,19,25H,3,10,17H2,1-2H3. The molecule has 2 unspecified atom stereocenters. The van der Waals surface area contributed by atoms with Gasteiger partial charge in [0.15, 0.2) is 0 Å². The zero-order chi connectivity index (χ0) is 20.2. The van der Waals surface area contributed by atoms with Crippen LogP contribution in [-0.4, -0.2) is 13.7 Å². The Morgan fingerprint density at radius 2 is 1.72 bits per heavy atom. The summed E-state index contributed by atoms with van der Waals surface area (Å²) in [5.41, 5.74) is 3.95. The highest BCUT2D eigenvalue weighted by Gasteiger charge is 2.32. The second-order valence-corrected chi connectivity index (χ2v) is 9.74. The highest BCUT2D eigenvalue weighted by atomic mass is 127. The highest BCUT2D eigenvalue weighted by Crippen LogP contribution is 2.52. The zero-order valence-corrected chi connectivity index (χ0v) is 19.8. The van der Waals surface area contributed by atoms with Gasteiger partial charge in [-0.25, -0.2) is 0 Å². The van der Waals surface area contributed by atoms with Crippen LogP contribution in [0.25, 0.3) is 0 Å². The van der Waals surface area contributed by atoms with E-state index in [9.17, 15) is 0 Å². The summed E-state index contributed by atoms with van der Waals surface area (Å²) in [5, 5.41) is 0.424. The number of para-hydroxylation sites is 1. The van der Waals surface area contributed by atoms with Gasteiger partial charge in [0, 0.05) is 22.4 Å². The van der Waals surface area contributed by atoms with Crippen molar-refractivity contribution in [1.82, 2.24) is 0 Å². The van der Waals surface area contributed by atoms with E-state index in [1.807, 2.05) is 11.8 Å². The Morgan fingerprint density at radius 3 is 2.38 bits per heavy atom. The van der Waals surface area contributed by atoms with Gasteiger partial charge in [0.1, 0.15) is 5.75 Å². The Bertz CT molecular complexity index is 948. The van der Waals surface area contributed by atoms with Crippen molar-refractivity contribution < 1.29 is 4.74 Å². The monoisotopic (exact) mass is 515 g/mol. The molecule has 2 atom stereocenters. The maximum Gasteiger partial charge on any atom is 0.133 e. The van der Waals surface area contributed by atoms with Crippen LogP contribution in [0.2, 0.25) is 0 Å². The van der Waals surface area contributed by atoms with Gasteiger partial charge in [-0.15, -0.1) is 11.8 Å². The van der Waals surface area contributed by atoms with E-state index < -0.39 is 0 Å². The first-order valence-electron chi connectivity index (χ1n) is 10.1. The van der Waals surface area contributed by atoms with Gasteiger partial charge in [0.2, 0.25) is 0 Å². The first-order valence-corrected chi connectivity index (χ1v) is 12.1. The number of methoxy groups -OCH3 is 1. The van der Waals surface area contributed by atoms with Crippen molar-refractivity contribution in [2.45, 2.75) is 29.9 Å². The molecular weight excluding hydrogens is 489 g/mol. The van der Waals surface area contributed by atoms with Crippen LogP contribution < -0.4 is 9.64 Å². The molecule has 4 rings (SSSR count). The van der Waals surface area contributed by atoms with Gasteiger partial charge in [-0.2, -0.15) is 0 Å². The molecular formula is C25H26INOS. The van der Waals surface area contributed by atoms with E-state index in [0.29, 0.717) is 11.2 Å². The first kappa shape index (κ1) is 20.6. The van der Waals surface area contributed by atoms with E-state index >= 15 is 0 Å². The Hall–Kier alpha value is -1.66. The number of fused-ring (bicyclic) bond motifs is 1. The maximum absolute atomic E-state index is 5.67. The minimum absolute atomic E-state index is 0.424.